The maximum absolute atomic E-state index is 12.1. The Morgan fingerprint density at radius 2 is 1.83 bits per heavy atom. The summed E-state index contributed by atoms with van der Waals surface area (Å²) in [7, 11) is -4.36. The van der Waals surface area contributed by atoms with Crippen LogP contribution in [0.3, 0.4) is 0 Å². The zero-order valence-electron chi connectivity index (χ0n) is 13.3. The third-order valence-corrected chi connectivity index (χ3v) is 4.44. The Labute approximate surface area is 148 Å². The molecule has 0 aliphatic rings. The van der Waals surface area contributed by atoms with Crippen molar-refractivity contribution in [2.45, 2.75) is 26.3 Å². The first-order valence-electron chi connectivity index (χ1n) is 7.27. The van der Waals surface area contributed by atoms with Gasteiger partial charge in [0.1, 0.15) is 12.3 Å². The van der Waals surface area contributed by atoms with Gasteiger partial charge >= 0.3 is 13.6 Å². The molecule has 134 valence electrons. The zero-order valence-corrected chi connectivity index (χ0v) is 15.8. The molecule has 0 saturated heterocycles. The fourth-order valence-electron chi connectivity index (χ4n) is 1.83. The average molecular weight is 422 g/mol. The lowest BCUT2D eigenvalue weighted by Gasteiger charge is -2.23. The molecule has 0 aliphatic heterocycles. The van der Waals surface area contributed by atoms with Gasteiger partial charge in [0, 0.05) is 10.2 Å². The monoisotopic (exact) mass is 421 g/mol. The van der Waals surface area contributed by atoms with E-state index in [1.54, 1.807) is 31.2 Å². The Morgan fingerprint density at radius 1 is 1.25 bits per heavy atom. The Morgan fingerprint density at radius 3 is 2.33 bits per heavy atom. The van der Waals surface area contributed by atoms with Crippen LogP contribution in [0.25, 0.3) is 0 Å². The molecule has 0 fully saturated rings. The summed E-state index contributed by atoms with van der Waals surface area (Å²) in [6.45, 7) is 3.61. The highest BCUT2D eigenvalue weighted by Gasteiger charge is 2.27. The van der Waals surface area contributed by atoms with Gasteiger partial charge in [-0.2, -0.15) is 0 Å². The van der Waals surface area contributed by atoms with Gasteiger partial charge in [-0.05, 0) is 30.2 Å². The number of carbonyl (C=O) groups excluding carboxylic acids is 2. The molecule has 2 atom stereocenters. The number of rotatable bonds is 7. The topological polar surface area (TPSA) is 128 Å². The molecule has 24 heavy (non-hydrogen) atoms. The number of urea groups is 1. The standard InChI is InChI=1S/C14H21BrN3O5P/c1-3-9(2)12(13(19)16-8-24(21,22)23)18-14(20)17-11-6-4-10(15)5-7-11/h4-7,9,12H,3,8H2,1-2H3,(H,16,19)(H2,17,18,20)(H2,21,22,23)/t9-,12-/m0/s1. The molecule has 0 bridgehead atoms. The molecular formula is C14H21BrN3O5P. The molecule has 0 spiro atoms. The van der Waals surface area contributed by atoms with E-state index in [4.69, 9.17) is 9.79 Å². The highest BCUT2D eigenvalue weighted by molar-refractivity contribution is 9.10. The first kappa shape index (κ1) is 20.6. The molecule has 1 aromatic rings. The molecule has 0 aromatic heterocycles. The first-order chi connectivity index (χ1) is 11.1. The maximum Gasteiger partial charge on any atom is 0.344 e. The third kappa shape index (κ3) is 7.44. The summed E-state index contributed by atoms with van der Waals surface area (Å²) in [5, 5.41) is 7.31. The van der Waals surface area contributed by atoms with E-state index in [0.29, 0.717) is 12.1 Å². The van der Waals surface area contributed by atoms with Crippen LogP contribution in [0.1, 0.15) is 20.3 Å². The second-order valence-corrected chi connectivity index (χ2v) is 7.89. The number of benzene rings is 1. The summed E-state index contributed by atoms with van der Waals surface area (Å²) >= 11 is 3.29. The zero-order chi connectivity index (χ0) is 18.3. The van der Waals surface area contributed by atoms with Gasteiger partial charge in [0.25, 0.3) is 0 Å². The number of amides is 3. The van der Waals surface area contributed by atoms with E-state index in [-0.39, 0.29) is 5.92 Å². The van der Waals surface area contributed by atoms with Crippen LogP contribution in [-0.2, 0) is 9.36 Å². The number of hydrogen-bond donors (Lipinski definition) is 5. The number of anilines is 1. The highest BCUT2D eigenvalue weighted by Crippen LogP contribution is 2.32. The lowest BCUT2D eigenvalue weighted by molar-refractivity contribution is -0.123. The smallest absolute Gasteiger partial charge is 0.343 e. The molecule has 10 heteroatoms. The van der Waals surface area contributed by atoms with E-state index in [1.165, 1.54) is 0 Å². The number of carbonyl (C=O) groups is 2. The third-order valence-electron chi connectivity index (χ3n) is 3.34. The van der Waals surface area contributed by atoms with E-state index < -0.39 is 31.9 Å². The molecule has 5 N–H and O–H groups in total. The van der Waals surface area contributed by atoms with E-state index in [9.17, 15) is 14.2 Å². The molecule has 0 radical (unpaired) electrons. The van der Waals surface area contributed by atoms with Gasteiger partial charge in [0.05, 0.1) is 0 Å². The van der Waals surface area contributed by atoms with Gasteiger partial charge < -0.3 is 25.7 Å². The van der Waals surface area contributed by atoms with Gasteiger partial charge in [-0.1, -0.05) is 36.2 Å². The average Bonchev–Trinajstić information content (AvgIpc) is 2.51. The second-order valence-electron chi connectivity index (χ2n) is 5.33. The van der Waals surface area contributed by atoms with Crippen LogP contribution in [0.15, 0.2) is 28.7 Å². The summed E-state index contributed by atoms with van der Waals surface area (Å²) in [5.41, 5.74) is 0.550. The van der Waals surface area contributed by atoms with Crippen molar-refractivity contribution in [3.8, 4) is 0 Å². The second kappa shape index (κ2) is 9.17. The molecule has 8 nitrogen and oxygen atoms in total. The normalized spacial score (nSPS) is 13.7. The van der Waals surface area contributed by atoms with Crippen LogP contribution in [0, 0.1) is 5.92 Å². The lowest BCUT2D eigenvalue weighted by atomic mass is 9.98. The number of nitrogens with one attached hydrogen (secondary N) is 3. The Bertz CT molecular complexity index is 619. The van der Waals surface area contributed by atoms with Gasteiger partial charge in [-0.25, -0.2) is 4.79 Å². The van der Waals surface area contributed by atoms with Crippen molar-refractivity contribution in [3.05, 3.63) is 28.7 Å². The molecule has 0 heterocycles. The van der Waals surface area contributed by atoms with E-state index in [1.807, 2.05) is 6.92 Å². The molecular weight excluding hydrogens is 401 g/mol. The molecule has 1 aromatic carbocycles. The van der Waals surface area contributed by atoms with Gasteiger partial charge in [0.15, 0.2) is 0 Å². The molecule has 3 amide bonds. The molecule has 0 unspecified atom stereocenters. The van der Waals surface area contributed by atoms with Gasteiger partial charge in [0.2, 0.25) is 5.91 Å². The number of hydrogen-bond acceptors (Lipinski definition) is 3. The van der Waals surface area contributed by atoms with E-state index in [2.05, 4.69) is 31.9 Å². The van der Waals surface area contributed by atoms with Crippen molar-refractivity contribution in [3.63, 3.8) is 0 Å². The van der Waals surface area contributed by atoms with Crippen molar-refractivity contribution in [1.29, 1.82) is 0 Å². The largest absolute Gasteiger partial charge is 0.344 e. The summed E-state index contributed by atoms with van der Waals surface area (Å²) in [5.74, 6) is -0.851. The molecule has 1 rings (SSSR count). The summed E-state index contributed by atoms with van der Waals surface area (Å²) in [6, 6.07) is 5.42. The SMILES string of the molecule is CC[C@H](C)[C@H](NC(=O)Nc1ccc(Br)cc1)C(=O)NCP(=O)(O)O. The Balaban J connectivity index is 2.70. The fraction of sp³-hybridized carbons (Fsp3) is 0.429. The van der Waals surface area contributed by atoms with Crippen LogP contribution in [0.4, 0.5) is 10.5 Å². The van der Waals surface area contributed by atoms with Crippen molar-refractivity contribution in [2.75, 3.05) is 11.6 Å². The first-order valence-corrected chi connectivity index (χ1v) is 9.86. The van der Waals surface area contributed by atoms with E-state index >= 15 is 0 Å². The molecule has 0 saturated carbocycles. The minimum absolute atomic E-state index is 0.211. The fourth-order valence-corrected chi connectivity index (χ4v) is 2.46. The van der Waals surface area contributed by atoms with Crippen molar-refractivity contribution < 1.29 is 23.9 Å². The minimum Gasteiger partial charge on any atom is -0.343 e. The summed E-state index contributed by atoms with van der Waals surface area (Å²) < 4.78 is 11.7. The predicted octanol–water partition coefficient (Wildman–Crippen LogP) is 2.24. The lowest BCUT2D eigenvalue weighted by Crippen LogP contribution is -2.51. The van der Waals surface area contributed by atoms with Gasteiger partial charge in [-0.3, -0.25) is 9.36 Å². The van der Waals surface area contributed by atoms with Crippen LogP contribution in [0.5, 0.6) is 0 Å². The van der Waals surface area contributed by atoms with Crippen LogP contribution in [0.2, 0.25) is 0 Å². The highest BCUT2D eigenvalue weighted by atomic mass is 79.9. The van der Waals surface area contributed by atoms with Crippen LogP contribution < -0.4 is 16.0 Å². The number of halogens is 1. The summed E-state index contributed by atoms with van der Waals surface area (Å²) in [4.78, 5) is 41.9. The van der Waals surface area contributed by atoms with Gasteiger partial charge in [-0.15, -0.1) is 0 Å². The minimum atomic E-state index is -4.36. The van der Waals surface area contributed by atoms with Crippen LogP contribution in [-0.4, -0.2) is 34.1 Å². The van der Waals surface area contributed by atoms with Crippen molar-refractivity contribution in [2.24, 2.45) is 5.92 Å². The quantitative estimate of drug-likeness (QED) is 0.431. The Hall–Kier alpha value is -1.41. The maximum atomic E-state index is 12.1. The molecule has 0 aliphatic carbocycles. The van der Waals surface area contributed by atoms with Crippen molar-refractivity contribution >= 4 is 41.2 Å². The van der Waals surface area contributed by atoms with Crippen molar-refractivity contribution in [1.82, 2.24) is 10.6 Å². The predicted molar refractivity (Wildman–Crippen MR) is 94.6 cm³/mol. The van der Waals surface area contributed by atoms with E-state index in [0.717, 1.165) is 4.47 Å². The Kier molecular flexibility index (Phi) is 7.89. The summed E-state index contributed by atoms with van der Waals surface area (Å²) in [6.07, 6.45) is -0.165. The van der Waals surface area contributed by atoms with Crippen LogP contribution >= 0.6 is 23.5 Å².